The van der Waals surface area contributed by atoms with Crippen molar-refractivity contribution < 1.29 is 9.53 Å². The van der Waals surface area contributed by atoms with Crippen LogP contribution in [-0.4, -0.2) is 47.1 Å². The molecule has 0 radical (unpaired) electrons. The van der Waals surface area contributed by atoms with Crippen molar-refractivity contribution in [3.8, 4) is 5.75 Å². The number of rotatable bonds is 5. The van der Waals surface area contributed by atoms with E-state index in [1.54, 1.807) is 28.2 Å². The molecule has 1 N–H and O–H groups in total. The second-order valence-electron chi connectivity index (χ2n) is 6.02. The Morgan fingerprint density at radius 2 is 2.11 bits per heavy atom. The van der Waals surface area contributed by atoms with Gasteiger partial charge in [-0.3, -0.25) is 0 Å². The summed E-state index contributed by atoms with van der Waals surface area (Å²) < 4.78 is 5.74. The second kappa shape index (κ2) is 8.36. The van der Waals surface area contributed by atoms with Crippen molar-refractivity contribution >= 4 is 39.5 Å². The lowest BCUT2D eigenvalue weighted by Crippen LogP contribution is -2.50. The first-order chi connectivity index (χ1) is 13.3. The van der Waals surface area contributed by atoms with E-state index >= 15 is 0 Å². The molecule has 0 spiro atoms. The average Bonchev–Trinajstić information content (AvgIpc) is 3.41. The number of piperazine rings is 1. The van der Waals surface area contributed by atoms with E-state index in [1.165, 1.54) is 0 Å². The van der Waals surface area contributed by atoms with Crippen molar-refractivity contribution in [1.82, 2.24) is 14.9 Å². The number of ether oxygens (including phenoxy) is 1. The van der Waals surface area contributed by atoms with E-state index in [9.17, 15) is 4.79 Å². The van der Waals surface area contributed by atoms with Gasteiger partial charge in [-0.05, 0) is 12.1 Å². The summed E-state index contributed by atoms with van der Waals surface area (Å²) in [5, 5.41) is 7.90. The van der Waals surface area contributed by atoms with E-state index in [0.29, 0.717) is 25.4 Å². The zero-order valence-corrected chi connectivity index (χ0v) is 16.2. The van der Waals surface area contributed by atoms with E-state index in [-0.39, 0.29) is 6.03 Å². The number of carbonyl (C=O) groups excluding carboxylic acids is 1. The van der Waals surface area contributed by atoms with Gasteiger partial charge in [0, 0.05) is 54.9 Å². The third-order valence-electron chi connectivity index (χ3n) is 4.21. The molecule has 1 aromatic carbocycles. The van der Waals surface area contributed by atoms with Crippen LogP contribution in [0.2, 0.25) is 0 Å². The summed E-state index contributed by atoms with van der Waals surface area (Å²) in [5.74, 6) is 0.703. The molecule has 0 unspecified atom stereocenters. The van der Waals surface area contributed by atoms with E-state index in [0.717, 1.165) is 29.6 Å². The molecule has 7 nitrogen and oxygen atoms in total. The summed E-state index contributed by atoms with van der Waals surface area (Å²) in [7, 11) is 0. The Hall–Kier alpha value is -2.65. The molecular formula is C18H19N5O2S2. The average molecular weight is 402 g/mol. The lowest BCUT2D eigenvalue weighted by molar-refractivity contribution is 0.208. The Morgan fingerprint density at radius 3 is 2.85 bits per heavy atom. The largest absolute Gasteiger partial charge is 0.487 e. The highest BCUT2D eigenvalue weighted by Gasteiger charge is 2.22. The number of aromatic nitrogens is 2. The lowest BCUT2D eigenvalue weighted by Gasteiger charge is -2.34. The summed E-state index contributed by atoms with van der Waals surface area (Å²) in [5.41, 5.74) is 3.40. The fraction of sp³-hybridized carbons (Fsp3) is 0.278. The molecule has 3 aromatic rings. The SMILES string of the molecule is O=C(Nc1cccc(OCc2cscn2)c1)N1CCN(c2nccs2)CC1. The molecule has 1 saturated heterocycles. The van der Waals surface area contributed by atoms with Gasteiger partial charge in [0.25, 0.3) is 0 Å². The first-order valence-electron chi connectivity index (χ1n) is 8.58. The lowest BCUT2D eigenvalue weighted by atomic mass is 10.3. The van der Waals surface area contributed by atoms with Gasteiger partial charge < -0.3 is 19.9 Å². The number of carbonyl (C=O) groups is 1. The maximum Gasteiger partial charge on any atom is 0.321 e. The Morgan fingerprint density at radius 1 is 1.22 bits per heavy atom. The van der Waals surface area contributed by atoms with Crippen LogP contribution >= 0.6 is 22.7 Å². The zero-order chi connectivity index (χ0) is 18.5. The van der Waals surface area contributed by atoms with E-state index in [1.807, 2.05) is 46.1 Å². The molecule has 0 saturated carbocycles. The van der Waals surface area contributed by atoms with Crippen LogP contribution in [-0.2, 0) is 6.61 Å². The van der Waals surface area contributed by atoms with Crippen LogP contribution in [0.25, 0.3) is 0 Å². The number of hydrogen-bond donors (Lipinski definition) is 1. The normalized spacial score (nSPS) is 14.2. The number of anilines is 2. The predicted molar refractivity (Wildman–Crippen MR) is 108 cm³/mol. The predicted octanol–water partition coefficient (Wildman–Crippen LogP) is 3.53. The van der Waals surface area contributed by atoms with Crippen LogP contribution < -0.4 is 15.0 Å². The van der Waals surface area contributed by atoms with Crippen molar-refractivity contribution in [2.24, 2.45) is 0 Å². The van der Waals surface area contributed by atoms with Crippen LogP contribution in [0, 0.1) is 0 Å². The van der Waals surface area contributed by atoms with E-state index < -0.39 is 0 Å². The smallest absolute Gasteiger partial charge is 0.321 e. The highest BCUT2D eigenvalue weighted by Crippen LogP contribution is 2.21. The molecule has 3 heterocycles. The minimum atomic E-state index is -0.0922. The van der Waals surface area contributed by atoms with Crippen LogP contribution in [0.3, 0.4) is 0 Å². The van der Waals surface area contributed by atoms with E-state index in [4.69, 9.17) is 4.74 Å². The summed E-state index contributed by atoms with van der Waals surface area (Å²) in [6.45, 7) is 3.34. The molecule has 0 atom stereocenters. The quantitative estimate of drug-likeness (QED) is 0.708. The van der Waals surface area contributed by atoms with Crippen LogP contribution in [0.1, 0.15) is 5.69 Å². The van der Waals surface area contributed by atoms with Gasteiger partial charge in [0.1, 0.15) is 12.4 Å². The first kappa shape index (κ1) is 17.7. The minimum Gasteiger partial charge on any atom is -0.487 e. The summed E-state index contributed by atoms with van der Waals surface area (Å²) in [6, 6.07) is 7.34. The van der Waals surface area contributed by atoms with Gasteiger partial charge in [0.15, 0.2) is 5.13 Å². The van der Waals surface area contributed by atoms with E-state index in [2.05, 4.69) is 20.2 Å². The van der Waals surface area contributed by atoms with Gasteiger partial charge >= 0.3 is 6.03 Å². The number of nitrogens with zero attached hydrogens (tertiary/aromatic N) is 4. The first-order valence-corrected chi connectivity index (χ1v) is 10.4. The Labute approximate surface area is 165 Å². The molecule has 9 heteroatoms. The molecule has 0 aliphatic carbocycles. The molecule has 140 valence electrons. The molecule has 1 aliphatic heterocycles. The minimum absolute atomic E-state index is 0.0922. The number of thiazole rings is 2. The van der Waals surface area contributed by atoms with Crippen molar-refractivity contribution in [2.45, 2.75) is 6.61 Å². The monoisotopic (exact) mass is 401 g/mol. The fourth-order valence-corrected chi connectivity index (χ4v) is 4.05. The number of amides is 2. The number of benzene rings is 1. The van der Waals surface area contributed by atoms with Gasteiger partial charge in [-0.15, -0.1) is 22.7 Å². The standard InChI is InChI=1S/C18H19N5O2S2/c24-17(22-5-7-23(8-6-22)18-19-4-9-27-18)21-14-2-1-3-16(10-14)25-11-15-12-26-13-20-15/h1-4,9-10,12-13H,5-8,11H2,(H,21,24). The zero-order valence-electron chi connectivity index (χ0n) is 14.6. The Kier molecular flexibility index (Phi) is 5.50. The third-order valence-corrected chi connectivity index (χ3v) is 5.68. The van der Waals surface area contributed by atoms with Crippen LogP contribution in [0.15, 0.2) is 46.7 Å². The molecule has 27 heavy (non-hydrogen) atoms. The van der Waals surface area contributed by atoms with Crippen molar-refractivity contribution in [1.29, 1.82) is 0 Å². The van der Waals surface area contributed by atoms with Gasteiger partial charge in [-0.25, -0.2) is 14.8 Å². The number of urea groups is 1. The Balaban J connectivity index is 1.30. The Bertz CT molecular complexity index is 862. The van der Waals surface area contributed by atoms with Crippen molar-refractivity contribution in [3.05, 3.63) is 52.4 Å². The molecule has 2 amide bonds. The van der Waals surface area contributed by atoms with Gasteiger partial charge in [-0.1, -0.05) is 6.07 Å². The van der Waals surface area contributed by atoms with Crippen molar-refractivity contribution in [3.63, 3.8) is 0 Å². The molecule has 4 rings (SSSR count). The topological polar surface area (TPSA) is 70.6 Å². The molecular weight excluding hydrogens is 382 g/mol. The van der Waals surface area contributed by atoms with Gasteiger partial charge in [0.05, 0.1) is 11.2 Å². The molecule has 1 fully saturated rings. The van der Waals surface area contributed by atoms with Gasteiger partial charge in [0.2, 0.25) is 0 Å². The maximum absolute atomic E-state index is 12.6. The highest BCUT2D eigenvalue weighted by atomic mass is 32.1. The molecule has 2 aromatic heterocycles. The number of nitrogens with one attached hydrogen (secondary N) is 1. The second-order valence-corrected chi connectivity index (χ2v) is 7.61. The highest BCUT2D eigenvalue weighted by molar-refractivity contribution is 7.13. The molecule has 0 bridgehead atoms. The fourth-order valence-electron chi connectivity index (χ4n) is 2.81. The van der Waals surface area contributed by atoms with Crippen LogP contribution in [0.5, 0.6) is 5.75 Å². The molecule has 1 aliphatic rings. The summed E-state index contributed by atoms with van der Waals surface area (Å²) in [4.78, 5) is 25.1. The van der Waals surface area contributed by atoms with Gasteiger partial charge in [-0.2, -0.15) is 0 Å². The summed E-state index contributed by atoms with van der Waals surface area (Å²) >= 11 is 3.17. The number of hydrogen-bond acceptors (Lipinski definition) is 7. The maximum atomic E-state index is 12.6. The third kappa shape index (κ3) is 4.55. The van der Waals surface area contributed by atoms with Crippen LogP contribution in [0.4, 0.5) is 15.6 Å². The van der Waals surface area contributed by atoms with Crippen molar-refractivity contribution in [2.75, 3.05) is 36.4 Å². The summed E-state index contributed by atoms with van der Waals surface area (Å²) in [6.07, 6.45) is 1.81.